The molecule has 2 aromatic rings. The van der Waals surface area contributed by atoms with E-state index in [1.54, 1.807) is 24.1 Å². The quantitative estimate of drug-likeness (QED) is 0.889. The Balaban J connectivity index is 1.67. The molecule has 0 aromatic carbocycles. The fourth-order valence-electron chi connectivity index (χ4n) is 2.76. The third-order valence-electron chi connectivity index (χ3n) is 3.86. The van der Waals surface area contributed by atoms with Crippen LogP contribution in [-0.2, 0) is 0 Å². The van der Waals surface area contributed by atoms with Crippen molar-refractivity contribution in [1.82, 2.24) is 24.8 Å². The van der Waals surface area contributed by atoms with Crippen molar-refractivity contribution in [3.63, 3.8) is 0 Å². The van der Waals surface area contributed by atoms with Crippen LogP contribution in [0.3, 0.4) is 0 Å². The number of piperidine rings is 1. The van der Waals surface area contributed by atoms with Crippen LogP contribution in [0.5, 0.6) is 0 Å². The summed E-state index contributed by atoms with van der Waals surface area (Å²) >= 11 is 0. The van der Waals surface area contributed by atoms with Crippen molar-refractivity contribution < 1.29 is 4.79 Å². The second kappa shape index (κ2) is 6.05. The summed E-state index contributed by atoms with van der Waals surface area (Å²) in [7, 11) is 0. The van der Waals surface area contributed by atoms with Gasteiger partial charge in [0.15, 0.2) is 0 Å². The van der Waals surface area contributed by atoms with Gasteiger partial charge in [0, 0.05) is 37.5 Å². The molecule has 1 amide bonds. The number of aromatic nitrogens is 4. The third-order valence-corrected chi connectivity index (χ3v) is 3.86. The van der Waals surface area contributed by atoms with E-state index in [1.165, 1.54) is 12.4 Å². The molecule has 22 heavy (non-hydrogen) atoms. The largest absolute Gasteiger partial charge is 0.337 e. The number of aryl methyl sites for hydroxylation is 1. The lowest BCUT2D eigenvalue weighted by molar-refractivity contribution is 0.0705. The van der Waals surface area contributed by atoms with Gasteiger partial charge in [0.05, 0.1) is 11.9 Å². The molecule has 0 spiro atoms. The molecule has 0 saturated carbocycles. The van der Waals surface area contributed by atoms with Crippen LogP contribution < -0.4 is 5.56 Å². The average molecular weight is 299 g/mol. The lowest BCUT2D eigenvalue weighted by Gasteiger charge is -2.31. The number of carbonyl (C=O) groups excluding carboxylic acids is 1. The predicted octanol–water partition coefficient (Wildman–Crippen LogP) is 0.888. The highest BCUT2D eigenvalue weighted by Gasteiger charge is 2.26. The zero-order valence-electron chi connectivity index (χ0n) is 12.3. The molecule has 1 aliphatic rings. The zero-order chi connectivity index (χ0) is 15.5. The number of rotatable bonds is 2. The van der Waals surface area contributed by atoms with E-state index >= 15 is 0 Å². The summed E-state index contributed by atoms with van der Waals surface area (Å²) in [6.07, 6.45) is 6.13. The third kappa shape index (κ3) is 3.03. The number of nitrogens with zero attached hydrogens (tertiary/aromatic N) is 4. The molecule has 0 aliphatic carbocycles. The average Bonchev–Trinajstić information content (AvgIpc) is 2.54. The van der Waals surface area contributed by atoms with Crippen LogP contribution in [0, 0.1) is 6.92 Å². The van der Waals surface area contributed by atoms with E-state index in [-0.39, 0.29) is 17.4 Å². The molecule has 7 nitrogen and oxygen atoms in total. The van der Waals surface area contributed by atoms with Crippen LogP contribution >= 0.6 is 0 Å². The van der Waals surface area contributed by atoms with Crippen LogP contribution in [0.2, 0.25) is 0 Å². The predicted molar refractivity (Wildman–Crippen MR) is 79.5 cm³/mol. The highest BCUT2D eigenvalue weighted by atomic mass is 16.2. The maximum Gasteiger partial charge on any atom is 0.274 e. The Morgan fingerprint density at radius 3 is 2.73 bits per heavy atom. The van der Waals surface area contributed by atoms with Crippen molar-refractivity contribution in [2.24, 2.45) is 0 Å². The molecule has 3 rings (SSSR count). The first-order valence-corrected chi connectivity index (χ1v) is 7.26. The molecule has 1 N–H and O–H groups in total. The van der Waals surface area contributed by atoms with Crippen LogP contribution in [0.25, 0.3) is 0 Å². The number of aromatic amines is 1. The van der Waals surface area contributed by atoms with E-state index in [0.717, 1.165) is 18.5 Å². The van der Waals surface area contributed by atoms with Gasteiger partial charge in [-0.15, -0.1) is 0 Å². The summed E-state index contributed by atoms with van der Waals surface area (Å²) in [5, 5.41) is 0. The number of H-pyrrole nitrogens is 1. The van der Waals surface area contributed by atoms with Gasteiger partial charge >= 0.3 is 0 Å². The van der Waals surface area contributed by atoms with Gasteiger partial charge in [-0.05, 0) is 19.8 Å². The number of hydrogen-bond acceptors (Lipinski definition) is 5. The molecule has 0 radical (unpaired) electrons. The lowest BCUT2D eigenvalue weighted by atomic mass is 9.93. The molecule has 1 saturated heterocycles. The van der Waals surface area contributed by atoms with Crippen molar-refractivity contribution in [2.75, 3.05) is 13.1 Å². The number of hydrogen-bond donors (Lipinski definition) is 1. The van der Waals surface area contributed by atoms with Crippen molar-refractivity contribution in [3.05, 3.63) is 52.2 Å². The van der Waals surface area contributed by atoms with Gasteiger partial charge in [0.25, 0.3) is 11.5 Å². The topological polar surface area (TPSA) is 91.8 Å². The summed E-state index contributed by atoms with van der Waals surface area (Å²) in [6, 6.07) is 1.55. The monoisotopic (exact) mass is 299 g/mol. The minimum Gasteiger partial charge on any atom is -0.337 e. The molecular formula is C15H17N5O2. The Labute approximate surface area is 127 Å². The molecule has 0 atom stereocenters. The van der Waals surface area contributed by atoms with Gasteiger partial charge in [-0.25, -0.2) is 9.97 Å². The smallest absolute Gasteiger partial charge is 0.274 e. The summed E-state index contributed by atoms with van der Waals surface area (Å²) in [5.41, 5.74) is 1.06. The van der Waals surface area contributed by atoms with Crippen LogP contribution in [0.15, 0.2) is 29.5 Å². The second-order valence-electron chi connectivity index (χ2n) is 5.41. The number of amides is 1. The summed E-state index contributed by atoms with van der Waals surface area (Å²) in [4.78, 5) is 40.6. The van der Waals surface area contributed by atoms with E-state index in [1.807, 2.05) is 0 Å². The molecule has 1 aliphatic heterocycles. The maximum atomic E-state index is 12.3. The van der Waals surface area contributed by atoms with Gasteiger partial charge in [0.2, 0.25) is 0 Å². The van der Waals surface area contributed by atoms with Crippen molar-refractivity contribution in [2.45, 2.75) is 25.7 Å². The molecule has 0 unspecified atom stereocenters. The second-order valence-corrected chi connectivity index (χ2v) is 5.41. The van der Waals surface area contributed by atoms with Gasteiger partial charge < -0.3 is 9.88 Å². The van der Waals surface area contributed by atoms with Crippen molar-refractivity contribution in [1.29, 1.82) is 0 Å². The minimum atomic E-state index is -0.124. The Hall–Kier alpha value is -2.57. The first-order valence-electron chi connectivity index (χ1n) is 7.26. The summed E-state index contributed by atoms with van der Waals surface area (Å²) in [6.45, 7) is 3.04. The molecule has 3 heterocycles. The van der Waals surface area contributed by atoms with Crippen LogP contribution in [-0.4, -0.2) is 43.8 Å². The normalized spacial score (nSPS) is 15.8. The molecule has 2 aromatic heterocycles. The number of nitrogens with one attached hydrogen (secondary N) is 1. The lowest BCUT2D eigenvalue weighted by Crippen LogP contribution is -2.38. The fraction of sp³-hybridized carbons (Fsp3) is 0.400. The van der Waals surface area contributed by atoms with Crippen molar-refractivity contribution >= 4 is 5.91 Å². The van der Waals surface area contributed by atoms with Gasteiger partial charge in [-0.1, -0.05) is 0 Å². The Morgan fingerprint density at radius 2 is 2.09 bits per heavy atom. The highest BCUT2D eigenvalue weighted by molar-refractivity contribution is 5.92. The Bertz CT molecular complexity index is 720. The van der Waals surface area contributed by atoms with E-state index in [2.05, 4.69) is 19.9 Å². The van der Waals surface area contributed by atoms with Crippen molar-refractivity contribution in [3.8, 4) is 0 Å². The van der Waals surface area contributed by atoms with Gasteiger partial charge in [-0.3, -0.25) is 14.6 Å². The fourth-order valence-corrected chi connectivity index (χ4v) is 2.76. The molecule has 114 valence electrons. The van der Waals surface area contributed by atoms with E-state index in [9.17, 15) is 9.59 Å². The van der Waals surface area contributed by atoms with E-state index < -0.39 is 0 Å². The highest BCUT2D eigenvalue weighted by Crippen LogP contribution is 2.26. The van der Waals surface area contributed by atoms with E-state index in [4.69, 9.17) is 0 Å². The van der Waals surface area contributed by atoms with Crippen LogP contribution in [0.4, 0.5) is 0 Å². The Morgan fingerprint density at radius 1 is 1.32 bits per heavy atom. The number of carbonyl (C=O) groups is 1. The van der Waals surface area contributed by atoms with Gasteiger partial charge in [-0.2, -0.15) is 0 Å². The molecular weight excluding hydrogens is 282 g/mol. The first kappa shape index (κ1) is 14.4. The standard InChI is InChI=1S/C15H17N5O2/c1-10-18-12(8-14(21)19-10)11-2-6-20(7-3-11)15(22)13-9-16-4-5-17-13/h4-5,8-9,11H,2-3,6-7H2,1H3,(H,18,19,21). The SMILES string of the molecule is Cc1nc(C2CCN(C(=O)c3cnccn3)CC2)cc(=O)[nH]1. The zero-order valence-corrected chi connectivity index (χ0v) is 12.3. The first-order chi connectivity index (χ1) is 10.6. The Kier molecular flexibility index (Phi) is 3.95. The number of likely N-dealkylation sites (tertiary alicyclic amines) is 1. The van der Waals surface area contributed by atoms with Crippen LogP contribution in [0.1, 0.15) is 40.8 Å². The molecule has 1 fully saturated rings. The van der Waals surface area contributed by atoms with E-state index in [0.29, 0.717) is 24.6 Å². The summed E-state index contributed by atoms with van der Waals surface area (Å²) in [5.74, 6) is 0.745. The molecule has 0 bridgehead atoms. The maximum absolute atomic E-state index is 12.3. The minimum absolute atomic E-state index is 0.0957. The van der Waals surface area contributed by atoms with Gasteiger partial charge in [0.1, 0.15) is 11.5 Å². The summed E-state index contributed by atoms with van der Waals surface area (Å²) < 4.78 is 0. The molecule has 7 heteroatoms.